The molecule has 2 unspecified atom stereocenters. The Labute approximate surface area is 85.2 Å². The van der Waals surface area contributed by atoms with Gasteiger partial charge in [0.25, 0.3) is 0 Å². The second kappa shape index (κ2) is 5.32. The third-order valence-electron chi connectivity index (χ3n) is 2.49. The minimum atomic E-state index is -0.269. The van der Waals surface area contributed by atoms with E-state index in [0.29, 0.717) is 6.61 Å². The first-order chi connectivity index (χ1) is 6.61. The maximum absolute atomic E-state index is 11.2. The van der Waals surface area contributed by atoms with E-state index < -0.39 is 0 Å². The highest BCUT2D eigenvalue weighted by molar-refractivity contribution is 5.80. The molecule has 1 aliphatic heterocycles. The van der Waals surface area contributed by atoms with Crippen molar-refractivity contribution in [3.63, 3.8) is 0 Å². The van der Waals surface area contributed by atoms with Gasteiger partial charge < -0.3 is 15.8 Å². The first-order valence-electron chi connectivity index (χ1n) is 5.24. The van der Waals surface area contributed by atoms with E-state index in [1.54, 1.807) is 0 Å². The Balaban J connectivity index is 2.51. The minimum absolute atomic E-state index is 0.239. The number of rotatable bonds is 4. The summed E-state index contributed by atoms with van der Waals surface area (Å²) in [6.07, 6.45) is 2.04. The largest absolute Gasteiger partial charge is 0.381 e. The van der Waals surface area contributed by atoms with E-state index in [4.69, 9.17) is 10.5 Å². The predicted octanol–water partition coefficient (Wildman–Crippen LogP) is 0.265. The molecule has 0 radical (unpaired) electrons. The lowest BCUT2D eigenvalue weighted by Crippen LogP contribution is -2.51. The van der Waals surface area contributed by atoms with Crippen molar-refractivity contribution in [3.8, 4) is 0 Å². The van der Waals surface area contributed by atoms with Crippen LogP contribution in [0, 0.1) is 5.92 Å². The summed E-state index contributed by atoms with van der Waals surface area (Å²) >= 11 is 0. The molecule has 14 heavy (non-hydrogen) atoms. The van der Waals surface area contributed by atoms with E-state index in [1.807, 2.05) is 13.8 Å². The van der Waals surface area contributed by atoms with Crippen molar-refractivity contribution in [1.29, 1.82) is 0 Å². The molecule has 0 aromatic carbocycles. The molecule has 0 aromatic rings. The van der Waals surface area contributed by atoms with Crippen molar-refractivity contribution in [1.82, 2.24) is 5.32 Å². The van der Waals surface area contributed by atoms with Gasteiger partial charge >= 0.3 is 0 Å². The molecule has 1 aliphatic rings. The average Bonchev–Trinajstić information content (AvgIpc) is 2.15. The van der Waals surface area contributed by atoms with Gasteiger partial charge in [-0.25, -0.2) is 0 Å². The quantitative estimate of drug-likeness (QED) is 0.684. The van der Waals surface area contributed by atoms with Crippen LogP contribution in [0.3, 0.4) is 0 Å². The highest BCUT2D eigenvalue weighted by Gasteiger charge is 2.28. The lowest BCUT2D eigenvalue weighted by atomic mass is 9.93. The highest BCUT2D eigenvalue weighted by atomic mass is 16.5. The van der Waals surface area contributed by atoms with Gasteiger partial charge in [0.15, 0.2) is 0 Å². The van der Waals surface area contributed by atoms with Crippen LogP contribution in [0.25, 0.3) is 0 Å². The van der Waals surface area contributed by atoms with Gasteiger partial charge in [-0.1, -0.05) is 13.8 Å². The van der Waals surface area contributed by atoms with Crippen LogP contribution in [0.1, 0.15) is 26.7 Å². The predicted molar refractivity (Wildman–Crippen MR) is 54.8 cm³/mol. The third-order valence-corrected chi connectivity index (χ3v) is 2.49. The molecule has 1 amide bonds. The van der Waals surface area contributed by atoms with E-state index in [1.165, 1.54) is 0 Å². The maximum Gasteiger partial charge on any atom is 0.234 e. The maximum atomic E-state index is 11.2. The summed E-state index contributed by atoms with van der Waals surface area (Å²) in [6, 6.07) is 0.0322. The number of carbonyl (C=O) groups is 1. The number of hydrogen-bond donors (Lipinski definition) is 2. The van der Waals surface area contributed by atoms with Crippen molar-refractivity contribution in [2.24, 2.45) is 11.7 Å². The van der Waals surface area contributed by atoms with E-state index in [9.17, 15) is 4.79 Å². The summed E-state index contributed by atoms with van der Waals surface area (Å²) in [5.74, 6) is -0.0298. The third kappa shape index (κ3) is 3.27. The van der Waals surface area contributed by atoms with Crippen LogP contribution in [-0.2, 0) is 9.53 Å². The molecule has 1 heterocycles. The molecule has 0 saturated carbocycles. The second-order valence-electron chi connectivity index (χ2n) is 4.18. The SMILES string of the molecule is CC(C)NC(C(N)=O)C1CCCOC1. The summed E-state index contributed by atoms with van der Waals surface area (Å²) in [4.78, 5) is 11.2. The van der Waals surface area contributed by atoms with E-state index in [2.05, 4.69) is 5.32 Å². The molecule has 1 saturated heterocycles. The average molecular weight is 200 g/mol. The molecule has 0 aromatic heterocycles. The Morgan fingerprint density at radius 2 is 2.29 bits per heavy atom. The molecule has 1 fully saturated rings. The fraction of sp³-hybridized carbons (Fsp3) is 0.900. The topological polar surface area (TPSA) is 64.3 Å². The van der Waals surface area contributed by atoms with Gasteiger partial charge in [0, 0.05) is 18.6 Å². The van der Waals surface area contributed by atoms with E-state index in [0.717, 1.165) is 19.4 Å². The highest BCUT2D eigenvalue weighted by Crippen LogP contribution is 2.17. The van der Waals surface area contributed by atoms with Crippen molar-refractivity contribution in [3.05, 3.63) is 0 Å². The number of ether oxygens (including phenoxy) is 1. The Morgan fingerprint density at radius 3 is 2.71 bits per heavy atom. The van der Waals surface area contributed by atoms with Crippen LogP contribution in [-0.4, -0.2) is 31.2 Å². The van der Waals surface area contributed by atoms with Gasteiger partial charge in [-0.15, -0.1) is 0 Å². The number of carbonyl (C=O) groups excluding carboxylic acids is 1. The number of primary amides is 1. The van der Waals surface area contributed by atoms with Gasteiger partial charge in [0.2, 0.25) is 5.91 Å². The van der Waals surface area contributed by atoms with Gasteiger partial charge in [-0.3, -0.25) is 4.79 Å². The van der Waals surface area contributed by atoms with Crippen molar-refractivity contribution in [2.75, 3.05) is 13.2 Å². The monoisotopic (exact) mass is 200 g/mol. The number of amides is 1. The van der Waals surface area contributed by atoms with Crippen molar-refractivity contribution >= 4 is 5.91 Å². The van der Waals surface area contributed by atoms with Gasteiger partial charge in [0.1, 0.15) is 0 Å². The smallest absolute Gasteiger partial charge is 0.234 e. The molecular formula is C10H20N2O2. The fourth-order valence-corrected chi connectivity index (χ4v) is 1.84. The molecule has 0 bridgehead atoms. The summed E-state index contributed by atoms with van der Waals surface area (Å²) in [5.41, 5.74) is 5.36. The molecule has 4 heteroatoms. The molecule has 2 atom stereocenters. The second-order valence-corrected chi connectivity index (χ2v) is 4.18. The van der Waals surface area contributed by atoms with E-state index in [-0.39, 0.29) is 23.9 Å². The van der Waals surface area contributed by atoms with E-state index >= 15 is 0 Å². The molecule has 3 N–H and O–H groups in total. The molecule has 0 spiro atoms. The summed E-state index contributed by atoms with van der Waals surface area (Å²) in [5, 5.41) is 3.19. The normalized spacial score (nSPS) is 24.9. The van der Waals surface area contributed by atoms with Crippen molar-refractivity contribution in [2.45, 2.75) is 38.8 Å². The van der Waals surface area contributed by atoms with Crippen LogP contribution < -0.4 is 11.1 Å². The number of nitrogens with one attached hydrogen (secondary N) is 1. The molecule has 4 nitrogen and oxygen atoms in total. The summed E-state index contributed by atoms with van der Waals surface area (Å²) in [6.45, 7) is 5.48. The van der Waals surface area contributed by atoms with Gasteiger partial charge in [-0.05, 0) is 12.8 Å². The van der Waals surface area contributed by atoms with Gasteiger partial charge in [0.05, 0.1) is 12.6 Å². The van der Waals surface area contributed by atoms with Crippen LogP contribution in [0.4, 0.5) is 0 Å². The Bertz CT molecular complexity index is 189. The molecular weight excluding hydrogens is 180 g/mol. The lowest BCUT2D eigenvalue weighted by Gasteiger charge is -2.30. The Morgan fingerprint density at radius 1 is 1.57 bits per heavy atom. The zero-order valence-corrected chi connectivity index (χ0v) is 8.95. The van der Waals surface area contributed by atoms with Gasteiger partial charge in [-0.2, -0.15) is 0 Å². The lowest BCUT2D eigenvalue weighted by molar-refractivity contribution is -0.123. The van der Waals surface area contributed by atoms with Crippen LogP contribution in [0.2, 0.25) is 0 Å². The minimum Gasteiger partial charge on any atom is -0.381 e. The van der Waals surface area contributed by atoms with Crippen LogP contribution in [0.15, 0.2) is 0 Å². The first-order valence-corrected chi connectivity index (χ1v) is 5.24. The molecule has 0 aliphatic carbocycles. The zero-order chi connectivity index (χ0) is 10.6. The van der Waals surface area contributed by atoms with Crippen LogP contribution in [0.5, 0.6) is 0 Å². The molecule has 1 rings (SSSR count). The summed E-state index contributed by atoms with van der Waals surface area (Å²) < 4.78 is 5.35. The summed E-state index contributed by atoms with van der Waals surface area (Å²) in [7, 11) is 0. The zero-order valence-electron chi connectivity index (χ0n) is 8.95. The van der Waals surface area contributed by atoms with Crippen molar-refractivity contribution < 1.29 is 9.53 Å². The Kier molecular flexibility index (Phi) is 4.35. The van der Waals surface area contributed by atoms with Crippen LogP contribution >= 0.6 is 0 Å². The first kappa shape index (κ1) is 11.5. The molecule has 82 valence electrons. The fourth-order valence-electron chi connectivity index (χ4n) is 1.84. The Hall–Kier alpha value is -0.610. The number of hydrogen-bond acceptors (Lipinski definition) is 3. The standard InChI is InChI=1S/C10H20N2O2/c1-7(2)12-9(10(11)13)8-4-3-5-14-6-8/h7-9,12H,3-6H2,1-2H3,(H2,11,13). The number of nitrogens with two attached hydrogens (primary N) is 1.